The SMILES string of the molecule is CCSCCC(C)NC(=O)c1cc(N)ncc1Br. The van der Waals surface area contributed by atoms with Crippen LogP contribution in [-0.2, 0) is 0 Å². The molecule has 1 heterocycles. The van der Waals surface area contributed by atoms with E-state index in [0.717, 1.165) is 17.9 Å². The largest absolute Gasteiger partial charge is 0.384 e. The molecule has 0 saturated carbocycles. The Morgan fingerprint density at radius 1 is 1.67 bits per heavy atom. The van der Waals surface area contributed by atoms with E-state index in [-0.39, 0.29) is 11.9 Å². The number of carbonyl (C=O) groups excluding carboxylic acids is 1. The van der Waals surface area contributed by atoms with E-state index in [1.54, 1.807) is 12.3 Å². The van der Waals surface area contributed by atoms with E-state index >= 15 is 0 Å². The van der Waals surface area contributed by atoms with E-state index in [1.165, 1.54) is 0 Å². The number of carbonyl (C=O) groups is 1. The van der Waals surface area contributed by atoms with Crippen LogP contribution in [0.2, 0.25) is 0 Å². The molecule has 3 N–H and O–H groups in total. The van der Waals surface area contributed by atoms with Crippen LogP contribution in [0, 0.1) is 0 Å². The van der Waals surface area contributed by atoms with Gasteiger partial charge in [-0.25, -0.2) is 4.98 Å². The summed E-state index contributed by atoms with van der Waals surface area (Å²) in [6.07, 6.45) is 2.50. The van der Waals surface area contributed by atoms with Crippen LogP contribution < -0.4 is 11.1 Å². The third-order valence-electron chi connectivity index (χ3n) is 2.40. The fourth-order valence-electron chi connectivity index (χ4n) is 1.41. The molecule has 0 aliphatic rings. The average Bonchev–Trinajstić information content (AvgIpc) is 2.32. The summed E-state index contributed by atoms with van der Waals surface area (Å²) >= 11 is 5.18. The van der Waals surface area contributed by atoms with Gasteiger partial charge in [-0.1, -0.05) is 6.92 Å². The number of nitrogens with zero attached hydrogens (tertiary/aromatic N) is 1. The van der Waals surface area contributed by atoms with Gasteiger partial charge in [-0.05, 0) is 46.8 Å². The predicted molar refractivity (Wildman–Crippen MR) is 80.9 cm³/mol. The van der Waals surface area contributed by atoms with Crippen LogP contribution in [0.4, 0.5) is 5.82 Å². The molecule has 0 fully saturated rings. The van der Waals surface area contributed by atoms with Crippen LogP contribution in [0.15, 0.2) is 16.7 Å². The molecule has 1 amide bonds. The molecular formula is C12H18BrN3OS. The quantitative estimate of drug-likeness (QED) is 0.786. The number of rotatable bonds is 6. The maximum absolute atomic E-state index is 12.0. The van der Waals surface area contributed by atoms with Gasteiger partial charge in [0.25, 0.3) is 5.91 Å². The highest BCUT2D eigenvalue weighted by Gasteiger charge is 2.13. The van der Waals surface area contributed by atoms with Crippen molar-refractivity contribution in [3.63, 3.8) is 0 Å². The molecular weight excluding hydrogens is 314 g/mol. The second-order valence-corrected chi connectivity index (χ2v) is 6.20. The molecule has 1 aromatic heterocycles. The molecule has 1 rings (SSSR count). The smallest absolute Gasteiger partial charge is 0.252 e. The summed E-state index contributed by atoms with van der Waals surface area (Å²) in [6.45, 7) is 4.14. The van der Waals surface area contributed by atoms with Gasteiger partial charge in [-0.2, -0.15) is 11.8 Å². The molecule has 1 aromatic rings. The van der Waals surface area contributed by atoms with E-state index in [1.807, 2.05) is 18.7 Å². The normalized spacial score (nSPS) is 12.2. The third kappa shape index (κ3) is 4.86. The first-order valence-electron chi connectivity index (χ1n) is 5.84. The van der Waals surface area contributed by atoms with Crippen molar-refractivity contribution in [3.8, 4) is 0 Å². The highest BCUT2D eigenvalue weighted by molar-refractivity contribution is 9.10. The standard InChI is InChI=1S/C12H18BrN3OS/c1-3-18-5-4-8(2)16-12(17)9-6-11(14)15-7-10(9)13/h6-8H,3-5H2,1-2H3,(H2,14,15)(H,16,17). The summed E-state index contributed by atoms with van der Waals surface area (Å²) in [5.41, 5.74) is 6.10. The summed E-state index contributed by atoms with van der Waals surface area (Å²) in [7, 11) is 0. The van der Waals surface area contributed by atoms with Gasteiger partial charge in [0.2, 0.25) is 0 Å². The Labute approximate surface area is 120 Å². The van der Waals surface area contributed by atoms with E-state index in [4.69, 9.17) is 5.73 Å². The molecule has 18 heavy (non-hydrogen) atoms. The summed E-state index contributed by atoms with van der Waals surface area (Å²) in [4.78, 5) is 15.9. The number of nitrogens with two attached hydrogens (primary N) is 1. The Balaban J connectivity index is 2.56. The maximum Gasteiger partial charge on any atom is 0.252 e. The number of amides is 1. The fraction of sp³-hybridized carbons (Fsp3) is 0.500. The van der Waals surface area contributed by atoms with Gasteiger partial charge in [0.15, 0.2) is 0 Å². The molecule has 100 valence electrons. The Morgan fingerprint density at radius 2 is 2.39 bits per heavy atom. The number of hydrogen-bond acceptors (Lipinski definition) is 4. The minimum atomic E-state index is -0.120. The van der Waals surface area contributed by atoms with Crippen molar-refractivity contribution in [3.05, 3.63) is 22.3 Å². The van der Waals surface area contributed by atoms with Gasteiger partial charge in [-0.15, -0.1) is 0 Å². The van der Waals surface area contributed by atoms with Crippen LogP contribution >= 0.6 is 27.7 Å². The third-order valence-corrected chi connectivity index (χ3v) is 3.96. The van der Waals surface area contributed by atoms with Crippen LogP contribution in [-0.4, -0.2) is 28.4 Å². The van der Waals surface area contributed by atoms with Crippen LogP contribution in [0.5, 0.6) is 0 Å². The Bertz CT molecular complexity index is 414. The van der Waals surface area contributed by atoms with Crippen molar-refractivity contribution >= 4 is 39.4 Å². The zero-order chi connectivity index (χ0) is 13.5. The molecule has 0 spiro atoms. The lowest BCUT2D eigenvalue weighted by Crippen LogP contribution is -2.33. The number of anilines is 1. The lowest BCUT2D eigenvalue weighted by Gasteiger charge is -2.14. The van der Waals surface area contributed by atoms with Crippen molar-refractivity contribution in [2.45, 2.75) is 26.3 Å². The number of halogens is 1. The Kier molecular flexibility index (Phi) is 6.49. The van der Waals surface area contributed by atoms with Crippen LogP contribution in [0.3, 0.4) is 0 Å². The number of pyridine rings is 1. The van der Waals surface area contributed by atoms with E-state index < -0.39 is 0 Å². The van der Waals surface area contributed by atoms with E-state index in [0.29, 0.717) is 15.9 Å². The summed E-state index contributed by atoms with van der Waals surface area (Å²) in [6, 6.07) is 1.73. The van der Waals surface area contributed by atoms with Crippen molar-refractivity contribution < 1.29 is 4.79 Å². The van der Waals surface area contributed by atoms with Gasteiger partial charge >= 0.3 is 0 Å². The molecule has 0 aromatic carbocycles. The Hall–Kier alpha value is -0.750. The van der Waals surface area contributed by atoms with Crippen molar-refractivity contribution in [1.82, 2.24) is 10.3 Å². The molecule has 0 aliphatic carbocycles. The molecule has 0 saturated heterocycles. The van der Waals surface area contributed by atoms with E-state index in [2.05, 4.69) is 33.2 Å². The summed E-state index contributed by atoms with van der Waals surface area (Å²) in [5, 5.41) is 2.96. The minimum Gasteiger partial charge on any atom is -0.384 e. The highest BCUT2D eigenvalue weighted by Crippen LogP contribution is 2.17. The van der Waals surface area contributed by atoms with Gasteiger partial charge in [0.05, 0.1) is 5.56 Å². The molecule has 0 aliphatic heterocycles. The molecule has 6 heteroatoms. The second-order valence-electron chi connectivity index (χ2n) is 3.95. The zero-order valence-corrected chi connectivity index (χ0v) is 13.0. The van der Waals surface area contributed by atoms with Gasteiger partial charge in [0.1, 0.15) is 5.82 Å². The number of thioether (sulfide) groups is 1. The lowest BCUT2D eigenvalue weighted by atomic mass is 10.2. The number of nitrogen functional groups attached to an aromatic ring is 1. The first-order valence-corrected chi connectivity index (χ1v) is 7.79. The first kappa shape index (κ1) is 15.3. The second kappa shape index (κ2) is 7.63. The number of aromatic nitrogens is 1. The molecule has 0 bridgehead atoms. The number of nitrogens with one attached hydrogen (secondary N) is 1. The minimum absolute atomic E-state index is 0.120. The molecule has 0 radical (unpaired) electrons. The van der Waals surface area contributed by atoms with Crippen molar-refractivity contribution in [2.75, 3.05) is 17.2 Å². The fourth-order valence-corrected chi connectivity index (χ4v) is 2.61. The highest BCUT2D eigenvalue weighted by atomic mass is 79.9. The van der Waals surface area contributed by atoms with Crippen LogP contribution in [0.25, 0.3) is 0 Å². The summed E-state index contributed by atoms with van der Waals surface area (Å²) < 4.78 is 0.657. The topological polar surface area (TPSA) is 68.0 Å². The summed E-state index contributed by atoms with van der Waals surface area (Å²) in [5.74, 6) is 2.38. The predicted octanol–water partition coefficient (Wildman–Crippen LogP) is 2.69. The van der Waals surface area contributed by atoms with Crippen LogP contribution in [0.1, 0.15) is 30.6 Å². The molecule has 4 nitrogen and oxygen atoms in total. The van der Waals surface area contributed by atoms with E-state index in [9.17, 15) is 4.79 Å². The first-order chi connectivity index (χ1) is 8.54. The Morgan fingerprint density at radius 3 is 3.06 bits per heavy atom. The zero-order valence-electron chi connectivity index (χ0n) is 10.6. The maximum atomic E-state index is 12.0. The van der Waals surface area contributed by atoms with Crippen molar-refractivity contribution in [1.29, 1.82) is 0 Å². The van der Waals surface area contributed by atoms with Gasteiger partial charge < -0.3 is 11.1 Å². The lowest BCUT2D eigenvalue weighted by molar-refractivity contribution is 0.0938. The number of hydrogen-bond donors (Lipinski definition) is 2. The average molecular weight is 332 g/mol. The molecule has 1 unspecified atom stereocenters. The monoisotopic (exact) mass is 331 g/mol. The van der Waals surface area contributed by atoms with Gasteiger partial charge in [-0.3, -0.25) is 4.79 Å². The molecule has 1 atom stereocenters. The van der Waals surface area contributed by atoms with Gasteiger partial charge in [0, 0.05) is 16.7 Å². The van der Waals surface area contributed by atoms with Crippen molar-refractivity contribution in [2.24, 2.45) is 0 Å².